The molecule has 2 radical (unpaired) electrons. The molecule has 6 heteroatoms. The largest absolute Gasteiger partial charge is 0.402 e. The van der Waals surface area contributed by atoms with Gasteiger partial charge in [-0.25, -0.2) is 9.97 Å². The first-order valence-electron chi connectivity index (χ1n) is 5.89. The van der Waals surface area contributed by atoms with Gasteiger partial charge in [0.15, 0.2) is 5.82 Å². The predicted molar refractivity (Wildman–Crippen MR) is 77.9 cm³/mol. The monoisotopic (exact) mass is 263 g/mol. The van der Waals surface area contributed by atoms with Crippen LogP contribution in [0.25, 0.3) is 6.08 Å². The molecule has 0 aliphatic heterocycles. The zero-order chi connectivity index (χ0) is 15.3. The second-order valence-corrected chi connectivity index (χ2v) is 5.38. The van der Waals surface area contributed by atoms with Gasteiger partial charge in [0.05, 0.1) is 11.2 Å². The summed E-state index contributed by atoms with van der Waals surface area (Å²) in [4.78, 5) is 7.85. The van der Waals surface area contributed by atoms with Crippen molar-refractivity contribution in [3.05, 3.63) is 23.9 Å². The number of rotatable bonds is 2. The summed E-state index contributed by atoms with van der Waals surface area (Å²) < 4.78 is 0. The second-order valence-electron chi connectivity index (χ2n) is 5.38. The van der Waals surface area contributed by atoms with Crippen molar-refractivity contribution in [3.8, 4) is 0 Å². The summed E-state index contributed by atoms with van der Waals surface area (Å²) in [6.45, 7) is 8.08. The van der Waals surface area contributed by atoms with E-state index in [2.05, 4.69) is 9.97 Å². The molecule has 104 valence electrons. The number of allylic oxidation sites excluding steroid dienone is 1. The molecule has 0 bridgehead atoms. The molecule has 0 saturated carbocycles. The lowest BCUT2D eigenvalue weighted by molar-refractivity contribution is -0.107. The average Bonchev–Trinajstić information content (AvgIpc) is 2.18. The number of hydrogen-bond donors (Lipinski definition) is 3. The molecule has 0 aromatic carbocycles. The standard InChI is InChI=1S/C7H8BN3.C6H14O2/c1-5(9)2-7-10-3-6(8)4-11-7;1-5(2,7)6(3,4)8/h2-4H,9H2,1H3;7-8H,1-4H3/b5-2-;. The summed E-state index contributed by atoms with van der Waals surface area (Å²) in [6.07, 6.45) is 4.77. The number of hydrogen-bond acceptors (Lipinski definition) is 5. The highest BCUT2D eigenvalue weighted by molar-refractivity contribution is 6.31. The van der Waals surface area contributed by atoms with Crippen LogP contribution in [-0.4, -0.2) is 39.2 Å². The molecule has 1 aromatic rings. The molecule has 0 spiro atoms. The van der Waals surface area contributed by atoms with E-state index in [-0.39, 0.29) is 0 Å². The smallest absolute Gasteiger partial charge is 0.153 e. The Labute approximate surface area is 116 Å². The van der Waals surface area contributed by atoms with E-state index in [1.807, 2.05) is 0 Å². The molecule has 1 heterocycles. The summed E-state index contributed by atoms with van der Waals surface area (Å²) in [5, 5.41) is 18.2. The van der Waals surface area contributed by atoms with Gasteiger partial charge >= 0.3 is 0 Å². The van der Waals surface area contributed by atoms with Crippen LogP contribution in [0.15, 0.2) is 18.1 Å². The first kappa shape index (κ1) is 17.6. The number of aromatic nitrogens is 2. The Morgan fingerprint density at radius 1 is 1.16 bits per heavy atom. The molecular formula is C13H22BN3O2. The zero-order valence-corrected chi connectivity index (χ0v) is 12.2. The van der Waals surface area contributed by atoms with Crippen molar-refractivity contribution in [1.29, 1.82) is 0 Å². The molecule has 5 nitrogen and oxygen atoms in total. The van der Waals surface area contributed by atoms with Gasteiger partial charge in [-0.3, -0.25) is 0 Å². The van der Waals surface area contributed by atoms with Crippen molar-refractivity contribution in [2.24, 2.45) is 5.73 Å². The maximum absolute atomic E-state index is 9.10. The van der Waals surface area contributed by atoms with E-state index in [1.54, 1.807) is 53.1 Å². The number of nitrogens with zero attached hydrogens (tertiary/aromatic N) is 2. The highest BCUT2D eigenvalue weighted by Crippen LogP contribution is 2.19. The van der Waals surface area contributed by atoms with E-state index in [4.69, 9.17) is 23.8 Å². The summed E-state index contributed by atoms with van der Waals surface area (Å²) in [6, 6.07) is 0. The van der Waals surface area contributed by atoms with Crippen LogP contribution in [0.1, 0.15) is 40.4 Å². The zero-order valence-electron chi connectivity index (χ0n) is 12.2. The van der Waals surface area contributed by atoms with Crippen LogP contribution in [0.3, 0.4) is 0 Å². The minimum absolute atomic E-state index is 0.553. The minimum atomic E-state index is -1.01. The van der Waals surface area contributed by atoms with Crippen molar-refractivity contribution in [1.82, 2.24) is 9.97 Å². The third-order valence-corrected chi connectivity index (χ3v) is 2.55. The number of nitrogens with two attached hydrogens (primary N) is 1. The van der Waals surface area contributed by atoms with E-state index in [0.29, 0.717) is 17.0 Å². The normalized spacial score (nSPS) is 12.7. The molecule has 0 saturated heterocycles. The van der Waals surface area contributed by atoms with E-state index in [9.17, 15) is 0 Å². The van der Waals surface area contributed by atoms with Gasteiger partial charge in [0, 0.05) is 24.2 Å². The SMILES string of the molecule is CC(C)(O)C(C)(C)O.[B]c1cnc(/C=C(/C)N)nc1. The van der Waals surface area contributed by atoms with Gasteiger partial charge in [0.2, 0.25) is 0 Å². The van der Waals surface area contributed by atoms with Crippen LogP contribution in [0.5, 0.6) is 0 Å². The fourth-order valence-electron chi connectivity index (χ4n) is 0.626. The quantitative estimate of drug-likeness (QED) is 0.659. The Hall–Kier alpha value is -1.40. The molecule has 1 rings (SSSR count). The average molecular weight is 263 g/mol. The third-order valence-electron chi connectivity index (χ3n) is 2.55. The van der Waals surface area contributed by atoms with Gasteiger partial charge in [-0.05, 0) is 34.6 Å². The Balaban J connectivity index is 0.000000362. The molecule has 19 heavy (non-hydrogen) atoms. The van der Waals surface area contributed by atoms with Crippen molar-refractivity contribution < 1.29 is 10.2 Å². The third kappa shape index (κ3) is 7.59. The molecule has 0 amide bonds. The highest BCUT2D eigenvalue weighted by atomic mass is 16.3. The second kappa shape index (κ2) is 6.68. The van der Waals surface area contributed by atoms with Crippen LogP contribution in [0.2, 0.25) is 0 Å². The Morgan fingerprint density at radius 3 is 1.79 bits per heavy atom. The van der Waals surface area contributed by atoms with Gasteiger partial charge in [0.25, 0.3) is 0 Å². The molecule has 0 aliphatic rings. The lowest BCUT2D eigenvalue weighted by atomic mass is 9.90. The van der Waals surface area contributed by atoms with Crippen LogP contribution in [0.4, 0.5) is 0 Å². The van der Waals surface area contributed by atoms with Crippen LogP contribution < -0.4 is 11.2 Å². The van der Waals surface area contributed by atoms with Gasteiger partial charge in [0.1, 0.15) is 7.85 Å². The van der Waals surface area contributed by atoms with Crippen LogP contribution in [-0.2, 0) is 0 Å². The van der Waals surface area contributed by atoms with E-state index >= 15 is 0 Å². The Bertz CT molecular complexity index is 401. The topological polar surface area (TPSA) is 92.3 Å². The first-order valence-corrected chi connectivity index (χ1v) is 5.89. The van der Waals surface area contributed by atoms with Crippen molar-refractivity contribution in [2.75, 3.05) is 0 Å². The molecule has 0 atom stereocenters. The fraction of sp³-hybridized carbons (Fsp3) is 0.538. The fourth-order valence-corrected chi connectivity index (χ4v) is 0.626. The molecule has 0 aliphatic carbocycles. The minimum Gasteiger partial charge on any atom is -0.402 e. The molecule has 0 fully saturated rings. The molecular weight excluding hydrogens is 241 g/mol. The highest BCUT2D eigenvalue weighted by Gasteiger charge is 2.31. The predicted octanol–water partition coefficient (Wildman–Crippen LogP) is 0.118. The van der Waals surface area contributed by atoms with Crippen molar-refractivity contribution >= 4 is 19.4 Å². The Kier molecular flexibility index (Phi) is 6.19. The van der Waals surface area contributed by atoms with Crippen LogP contribution >= 0.6 is 0 Å². The van der Waals surface area contributed by atoms with Gasteiger partial charge in [-0.2, -0.15) is 0 Å². The maximum Gasteiger partial charge on any atom is 0.153 e. The summed E-state index contributed by atoms with van der Waals surface area (Å²) in [5.41, 5.74) is 4.63. The summed E-state index contributed by atoms with van der Waals surface area (Å²) >= 11 is 0. The lowest BCUT2D eigenvalue weighted by Gasteiger charge is -2.31. The first-order chi connectivity index (χ1) is 8.43. The number of aliphatic hydroxyl groups is 2. The molecule has 1 aromatic heterocycles. The van der Waals surface area contributed by atoms with Gasteiger partial charge in [-0.1, -0.05) is 5.46 Å². The summed E-state index contributed by atoms with van der Waals surface area (Å²) in [7, 11) is 5.38. The van der Waals surface area contributed by atoms with Gasteiger partial charge in [-0.15, -0.1) is 0 Å². The van der Waals surface area contributed by atoms with E-state index < -0.39 is 11.2 Å². The van der Waals surface area contributed by atoms with Crippen molar-refractivity contribution in [2.45, 2.75) is 45.8 Å². The maximum atomic E-state index is 9.10. The molecule has 0 unspecified atom stereocenters. The Morgan fingerprint density at radius 2 is 1.53 bits per heavy atom. The van der Waals surface area contributed by atoms with E-state index in [1.165, 1.54) is 0 Å². The summed E-state index contributed by atoms with van der Waals surface area (Å²) in [5.74, 6) is 0.583. The van der Waals surface area contributed by atoms with E-state index in [0.717, 1.165) is 0 Å². The van der Waals surface area contributed by atoms with Gasteiger partial charge < -0.3 is 15.9 Å². The lowest BCUT2D eigenvalue weighted by Crippen LogP contribution is -2.44. The molecule has 4 N–H and O–H groups in total. The van der Waals surface area contributed by atoms with Crippen molar-refractivity contribution in [3.63, 3.8) is 0 Å². The van der Waals surface area contributed by atoms with Crippen LogP contribution in [0, 0.1) is 0 Å².